The Hall–Kier alpha value is -4.41. The molecule has 2 aliphatic rings. The van der Waals surface area contributed by atoms with E-state index in [9.17, 15) is 0 Å². The average molecular weight is 561 g/mol. The van der Waals surface area contributed by atoms with Crippen molar-refractivity contribution < 1.29 is 0 Å². The number of aromatic nitrogens is 1. The van der Waals surface area contributed by atoms with Crippen LogP contribution in [0.2, 0.25) is 0 Å². The Balaban J connectivity index is 1.38. The third kappa shape index (κ3) is 4.66. The highest BCUT2D eigenvalue weighted by Gasteiger charge is 2.26. The van der Waals surface area contributed by atoms with E-state index in [0.29, 0.717) is 6.54 Å². The molecule has 4 heteroatoms. The van der Waals surface area contributed by atoms with Gasteiger partial charge in [0.05, 0.1) is 5.52 Å². The topological polar surface area (TPSA) is 17.0 Å². The van der Waals surface area contributed by atoms with Crippen molar-refractivity contribution in [2.45, 2.75) is 18.7 Å². The highest BCUT2D eigenvalue weighted by molar-refractivity contribution is 8.00. The summed E-state index contributed by atoms with van der Waals surface area (Å²) in [6.45, 7) is 9.20. The van der Waals surface area contributed by atoms with Crippen molar-refractivity contribution in [2.24, 2.45) is 0 Å². The van der Waals surface area contributed by atoms with E-state index in [0.717, 1.165) is 18.7 Å². The Kier molecular flexibility index (Phi) is 7.01. The highest BCUT2D eigenvalue weighted by Crippen LogP contribution is 2.39. The Morgan fingerprint density at radius 1 is 1.00 bits per heavy atom. The molecule has 5 aromatic rings. The zero-order valence-electron chi connectivity index (χ0n) is 24.2. The summed E-state index contributed by atoms with van der Waals surface area (Å²) in [6.07, 6.45) is 12.8. The highest BCUT2D eigenvalue weighted by atomic mass is 32.2. The summed E-state index contributed by atoms with van der Waals surface area (Å²) in [5.74, 6) is 1.00. The standard InChI is InChI=1S/C38H33BN2S/c1-4-5-6-12-26(3)40-23-27(19-20-28-24-42-36-18-10-8-13-29(28)36)32-21-25(2)22-35-37(32)39-33-16-11-15-31-30-14-7-9-17-34(30)41(35)38(31)33/h4-22,39-40H,3,23-24H2,1-2H3/b5-4-,12-6-,27-19+,28-20+. The van der Waals surface area contributed by atoms with Crippen LogP contribution in [0.15, 0.2) is 132 Å². The van der Waals surface area contributed by atoms with E-state index in [4.69, 9.17) is 0 Å². The number of benzene rings is 4. The lowest BCUT2D eigenvalue weighted by Gasteiger charge is -2.25. The Morgan fingerprint density at radius 3 is 2.74 bits per heavy atom. The molecule has 0 unspecified atom stereocenters. The van der Waals surface area contributed by atoms with Crippen LogP contribution < -0.4 is 16.2 Å². The van der Waals surface area contributed by atoms with Crippen LogP contribution in [0, 0.1) is 6.92 Å². The van der Waals surface area contributed by atoms with E-state index in [2.05, 4.69) is 114 Å². The molecule has 3 heterocycles. The SMILES string of the molecule is C=C(/C=C\C=C/C)NC/C(=C\C=C1/CSc2ccccc21)c1cc(C)cc2c1Bc1cccc3c4ccccc4n-2c13. The van der Waals surface area contributed by atoms with Crippen molar-refractivity contribution in [1.82, 2.24) is 9.88 Å². The van der Waals surface area contributed by atoms with Crippen LogP contribution in [-0.4, -0.2) is 24.1 Å². The Labute approximate surface area is 253 Å². The molecule has 2 nitrogen and oxygen atoms in total. The number of hydrogen-bond donors (Lipinski definition) is 1. The summed E-state index contributed by atoms with van der Waals surface area (Å²) in [5.41, 5.74) is 14.1. The molecular formula is C38H33BN2S. The number of nitrogens with one attached hydrogen (secondary N) is 1. The predicted octanol–water partition coefficient (Wildman–Crippen LogP) is 7.60. The summed E-state index contributed by atoms with van der Waals surface area (Å²) < 4.78 is 2.50. The number of fused-ring (bicyclic) bond motifs is 6. The second kappa shape index (κ2) is 11.1. The van der Waals surface area contributed by atoms with E-state index in [1.54, 1.807) is 0 Å². The van der Waals surface area contributed by atoms with Gasteiger partial charge >= 0.3 is 0 Å². The van der Waals surface area contributed by atoms with Crippen LogP contribution in [0.3, 0.4) is 0 Å². The van der Waals surface area contributed by atoms with E-state index < -0.39 is 0 Å². The Morgan fingerprint density at radius 2 is 1.83 bits per heavy atom. The largest absolute Gasteiger partial charge is 0.381 e. The summed E-state index contributed by atoms with van der Waals surface area (Å²) >= 11 is 1.92. The lowest BCUT2D eigenvalue weighted by molar-refractivity contribution is 0.952. The first-order chi connectivity index (χ1) is 20.6. The molecule has 0 amide bonds. The minimum absolute atomic E-state index is 0.691. The van der Waals surface area contributed by atoms with Crippen LogP contribution in [0.25, 0.3) is 38.6 Å². The van der Waals surface area contributed by atoms with Crippen molar-refractivity contribution in [3.63, 3.8) is 0 Å². The molecule has 0 saturated heterocycles. The second-order valence-corrected chi connectivity index (χ2v) is 12.1. The molecule has 0 saturated carbocycles. The number of allylic oxidation sites excluding steroid dienone is 6. The average Bonchev–Trinajstić information content (AvgIpc) is 3.58. The van der Waals surface area contributed by atoms with E-state index in [1.165, 1.54) is 71.2 Å². The van der Waals surface area contributed by atoms with Gasteiger partial charge in [-0.25, -0.2) is 0 Å². The fourth-order valence-electron chi connectivity index (χ4n) is 6.37. The van der Waals surface area contributed by atoms with Crippen LogP contribution in [-0.2, 0) is 0 Å². The molecule has 42 heavy (non-hydrogen) atoms. The van der Waals surface area contributed by atoms with Gasteiger partial charge in [-0.15, -0.1) is 11.8 Å². The smallest absolute Gasteiger partial charge is 0.198 e. The third-order valence-corrected chi connectivity index (χ3v) is 9.43. The third-order valence-electron chi connectivity index (χ3n) is 8.31. The van der Waals surface area contributed by atoms with E-state index in [-0.39, 0.29) is 0 Å². The van der Waals surface area contributed by atoms with Gasteiger partial charge in [0, 0.05) is 44.9 Å². The molecule has 0 bridgehead atoms. The van der Waals surface area contributed by atoms with Crippen molar-refractivity contribution >= 4 is 62.9 Å². The minimum atomic E-state index is 0.691. The van der Waals surface area contributed by atoms with Crippen molar-refractivity contribution in [1.29, 1.82) is 0 Å². The van der Waals surface area contributed by atoms with E-state index in [1.807, 2.05) is 43.0 Å². The normalized spacial score (nSPS) is 15.1. The molecule has 0 radical (unpaired) electrons. The molecule has 0 aliphatic carbocycles. The fraction of sp³-hybridized carbons (Fsp3) is 0.105. The van der Waals surface area contributed by atoms with Crippen molar-refractivity contribution in [2.75, 3.05) is 12.3 Å². The molecule has 0 fully saturated rings. The second-order valence-electron chi connectivity index (χ2n) is 11.1. The zero-order chi connectivity index (χ0) is 28.6. The number of rotatable bonds is 7. The van der Waals surface area contributed by atoms with Gasteiger partial charge in [0.25, 0.3) is 0 Å². The predicted molar refractivity (Wildman–Crippen MR) is 186 cm³/mol. The first-order valence-electron chi connectivity index (χ1n) is 14.6. The lowest BCUT2D eigenvalue weighted by atomic mass is 9.59. The quantitative estimate of drug-likeness (QED) is 0.160. The maximum absolute atomic E-state index is 4.27. The Bertz CT molecular complexity index is 2000. The fourth-order valence-corrected chi connectivity index (χ4v) is 7.46. The molecule has 0 atom stereocenters. The maximum Gasteiger partial charge on any atom is 0.198 e. The first-order valence-corrected chi connectivity index (χ1v) is 15.6. The van der Waals surface area contributed by atoms with Gasteiger partial charge in [-0.1, -0.05) is 103 Å². The molecule has 1 N–H and O–H groups in total. The van der Waals surface area contributed by atoms with Crippen LogP contribution >= 0.6 is 11.8 Å². The molecular weight excluding hydrogens is 527 g/mol. The summed E-state index contributed by atoms with van der Waals surface area (Å²) in [7, 11) is 0.910. The van der Waals surface area contributed by atoms with Gasteiger partial charge in [0.1, 0.15) is 0 Å². The number of nitrogens with zero attached hydrogens (tertiary/aromatic N) is 1. The molecule has 204 valence electrons. The monoisotopic (exact) mass is 560 g/mol. The van der Waals surface area contributed by atoms with Gasteiger partial charge in [-0.2, -0.15) is 0 Å². The summed E-state index contributed by atoms with van der Waals surface area (Å²) in [5, 5.41) is 6.25. The van der Waals surface area contributed by atoms with Gasteiger partial charge in [-0.3, -0.25) is 0 Å². The lowest BCUT2D eigenvalue weighted by Crippen LogP contribution is -2.38. The zero-order valence-corrected chi connectivity index (χ0v) is 25.0. The van der Waals surface area contributed by atoms with Gasteiger partial charge < -0.3 is 9.88 Å². The van der Waals surface area contributed by atoms with Gasteiger partial charge in [0.15, 0.2) is 7.28 Å². The van der Waals surface area contributed by atoms with Gasteiger partial charge in [-0.05, 0) is 71.4 Å². The molecule has 0 spiro atoms. The molecule has 4 aromatic carbocycles. The number of hydrogen-bond acceptors (Lipinski definition) is 2. The van der Waals surface area contributed by atoms with Crippen molar-refractivity contribution in [3.8, 4) is 5.69 Å². The minimum Gasteiger partial charge on any atom is -0.381 e. The van der Waals surface area contributed by atoms with Crippen LogP contribution in [0.5, 0.6) is 0 Å². The molecule has 7 rings (SSSR count). The maximum atomic E-state index is 4.27. The summed E-state index contributed by atoms with van der Waals surface area (Å²) in [6, 6.07) is 29.1. The van der Waals surface area contributed by atoms with Gasteiger partial charge in [0.2, 0.25) is 0 Å². The number of thioether (sulfide) groups is 1. The molecule has 1 aromatic heterocycles. The molecule has 2 aliphatic heterocycles. The van der Waals surface area contributed by atoms with Crippen LogP contribution in [0.1, 0.15) is 23.6 Å². The van der Waals surface area contributed by atoms with Crippen LogP contribution in [0.4, 0.5) is 0 Å². The van der Waals surface area contributed by atoms with Crippen molar-refractivity contribution in [3.05, 3.63) is 144 Å². The number of aryl methyl sites for hydroxylation is 1. The number of para-hydroxylation sites is 2. The first kappa shape index (κ1) is 26.5. The summed E-state index contributed by atoms with van der Waals surface area (Å²) in [4.78, 5) is 1.37. The van der Waals surface area contributed by atoms with E-state index >= 15 is 0 Å².